The Morgan fingerprint density at radius 3 is 2.90 bits per heavy atom. The van der Waals surface area contributed by atoms with Crippen molar-refractivity contribution in [3.05, 3.63) is 48.2 Å². The lowest BCUT2D eigenvalue weighted by molar-refractivity contribution is 0.213. The molecule has 0 bridgehead atoms. The highest BCUT2D eigenvalue weighted by molar-refractivity contribution is 7.99. The van der Waals surface area contributed by atoms with Gasteiger partial charge in [-0.15, -0.1) is 0 Å². The van der Waals surface area contributed by atoms with Gasteiger partial charge in [0.1, 0.15) is 18.1 Å². The zero-order chi connectivity index (χ0) is 20.5. The summed E-state index contributed by atoms with van der Waals surface area (Å²) < 4.78 is 14.4. The minimum atomic E-state index is 0.316. The third-order valence-corrected chi connectivity index (χ3v) is 7.36. The first-order valence-electron chi connectivity index (χ1n) is 10.8. The van der Waals surface area contributed by atoms with Crippen LogP contribution >= 0.6 is 11.8 Å². The van der Waals surface area contributed by atoms with E-state index in [1.807, 2.05) is 17.8 Å². The second-order valence-corrected chi connectivity index (χ2v) is 9.21. The molecule has 3 heterocycles. The number of aromatic nitrogens is 1. The van der Waals surface area contributed by atoms with Crippen molar-refractivity contribution in [2.24, 2.45) is 0 Å². The molecule has 5 nitrogen and oxygen atoms in total. The van der Waals surface area contributed by atoms with Gasteiger partial charge in [0.25, 0.3) is 0 Å². The molecule has 1 fully saturated rings. The van der Waals surface area contributed by atoms with Crippen molar-refractivity contribution in [1.29, 1.82) is 0 Å². The monoisotopic (exact) mass is 423 g/mol. The number of ether oxygens (including phenoxy) is 2. The van der Waals surface area contributed by atoms with Crippen LogP contribution < -0.4 is 20.1 Å². The molecule has 2 unspecified atom stereocenters. The van der Waals surface area contributed by atoms with Crippen LogP contribution in [0.1, 0.15) is 24.6 Å². The van der Waals surface area contributed by atoms with E-state index in [2.05, 4.69) is 58.5 Å². The maximum atomic E-state index is 6.28. The summed E-state index contributed by atoms with van der Waals surface area (Å²) >= 11 is 1.83. The van der Waals surface area contributed by atoms with E-state index < -0.39 is 0 Å². The number of hydrogen-bond acceptors (Lipinski definition) is 5. The molecule has 3 aromatic rings. The molecule has 1 saturated heterocycles. The Morgan fingerprint density at radius 1 is 1.20 bits per heavy atom. The van der Waals surface area contributed by atoms with Crippen molar-refractivity contribution in [3.8, 4) is 11.5 Å². The van der Waals surface area contributed by atoms with Gasteiger partial charge in [-0.05, 0) is 51.1 Å². The van der Waals surface area contributed by atoms with Crippen LogP contribution in [0.15, 0.2) is 52.3 Å². The van der Waals surface area contributed by atoms with E-state index in [9.17, 15) is 0 Å². The normalized spacial score (nSPS) is 21.3. The van der Waals surface area contributed by atoms with Crippen LogP contribution in [0.4, 0.5) is 0 Å². The third-order valence-electron chi connectivity index (χ3n) is 6.13. The summed E-state index contributed by atoms with van der Waals surface area (Å²) in [5, 5.41) is 8.49. The van der Waals surface area contributed by atoms with Crippen LogP contribution in [0, 0.1) is 6.92 Å². The Labute approximate surface area is 182 Å². The number of rotatable bonds is 5. The molecule has 2 N–H and O–H groups in total. The molecule has 1 aromatic heterocycles. The first-order valence-corrected chi connectivity index (χ1v) is 11.6. The summed E-state index contributed by atoms with van der Waals surface area (Å²) in [7, 11) is 1.72. The zero-order valence-electron chi connectivity index (χ0n) is 17.6. The Morgan fingerprint density at radius 2 is 2.07 bits per heavy atom. The molecule has 0 aliphatic carbocycles. The van der Waals surface area contributed by atoms with Crippen molar-refractivity contribution in [2.45, 2.75) is 41.6 Å². The molecule has 6 heteroatoms. The van der Waals surface area contributed by atoms with Gasteiger partial charge < -0.3 is 24.7 Å². The molecular weight excluding hydrogens is 394 g/mol. The number of hydrogen-bond donors (Lipinski definition) is 2. The van der Waals surface area contributed by atoms with E-state index in [1.54, 1.807) is 7.11 Å². The number of benzene rings is 2. The summed E-state index contributed by atoms with van der Waals surface area (Å²) in [5.41, 5.74) is 2.51. The van der Waals surface area contributed by atoms with Crippen LogP contribution in [-0.2, 0) is 0 Å². The van der Waals surface area contributed by atoms with Crippen molar-refractivity contribution < 1.29 is 9.47 Å². The summed E-state index contributed by atoms with van der Waals surface area (Å²) in [4.78, 5) is 2.54. The van der Waals surface area contributed by atoms with E-state index in [0.29, 0.717) is 18.7 Å². The number of nitrogens with one attached hydrogen (secondary N) is 2. The van der Waals surface area contributed by atoms with Crippen molar-refractivity contribution >= 4 is 22.7 Å². The van der Waals surface area contributed by atoms with E-state index in [-0.39, 0.29) is 0 Å². The van der Waals surface area contributed by atoms with E-state index in [1.165, 1.54) is 32.8 Å². The minimum Gasteiger partial charge on any atom is -0.497 e. The highest BCUT2D eigenvalue weighted by Crippen LogP contribution is 2.47. The van der Waals surface area contributed by atoms with Crippen LogP contribution in [-0.4, -0.2) is 44.0 Å². The smallest absolute Gasteiger partial charge is 0.147 e. The Bertz CT molecular complexity index is 1030. The first-order chi connectivity index (χ1) is 14.7. The molecule has 0 saturated carbocycles. The molecule has 5 rings (SSSR count). The largest absolute Gasteiger partial charge is 0.497 e. The lowest BCUT2D eigenvalue weighted by atomic mass is 10.1. The number of nitrogens with zero attached hydrogens (tertiary/aromatic N) is 1. The highest BCUT2D eigenvalue weighted by Gasteiger charge is 2.30. The standard InChI is InChI=1S/C24H29N3O2S/c1-16-24(30-20-7-4-3-5-8-20)21-12-19(28-2)13-22-23(21)27(16)18(15-29-22)11-17-14-25-9-6-10-26-17/h3-5,7-8,12-13,17-18,25-26H,6,9-11,14-15H2,1-2H3. The average molecular weight is 424 g/mol. The Hall–Kier alpha value is -2.15. The second kappa shape index (κ2) is 8.53. The third kappa shape index (κ3) is 3.68. The predicted molar refractivity (Wildman–Crippen MR) is 122 cm³/mol. The fourth-order valence-electron chi connectivity index (χ4n) is 4.69. The van der Waals surface area contributed by atoms with Crippen molar-refractivity contribution in [1.82, 2.24) is 15.2 Å². The lowest BCUT2D eigenvalue weighted by Gasteiger charge is -2.30. The van der Waals surface area contributed by atoms with Gasteiger partial charge in [-0.25, -0.2) is 0 Å². The van der Waals surface area contributed by atoms with Gasteiger partial charge in [-0.1, -0.05) is 30.0 Å². The Kier molecular flexibility index (Phi) is 5.63. The molecule has 2 aliphatic rings. The van der Waals surface area contributed by atoms with E-state index >= 15 is 0 Å². The van der Waals surface area contributed by atoms with Gasteiger partial charge in [0, 0.05) is 39.5 Å². The summed E-state index contributed by atoms with van der Waals surface area (Å²) in [6.07, 6.45) is 2.24. The van der Waals surface area contributed by atoms with Crippen molar-refractivity contribution in [2.75, 3.05) is 33.4 Å². The van der Waals surface area contributed by atoms with Crippen LogP contribution in [0.2, 0.25) is 0 Å². The molecule has 0 amide bonds. The molecule has 30 heavy (non-hydrogen) atoms. The van der Waals surface area contributed by atoms with Crippen molar-refractivity contribution in [3.63, 3.8) is 0 Å². The van der Waals surface area contributed by atoms with Gasteiger partial charge in [0.2, 0.25) is 0 Å². The summed E-state index contributed by atoms with van der Waals surface area (Å²) in [6.45, 7) is 6.13. The van der Waals surface area contributed by atoms with Crippen LogP contribution in [0.5, 0.6) is 11.5 Å². The molecule has 2 aromatic carbocycles. The summed E-state index contributed by atoms with van der Waals surface area (Å²) in [5.74, 6) is 1.77. The minimum absolute atomic E-state index is 0.316. The van der Waals surface area contributed by atoms with Gasteiger partial charge in [0.05, 0.1) is 18.7 Å². The fraction of sp³-hybridized carbons (Fsp3) is 0.417. The highest BCUT2D eigenvalue weighted by atomic mass is 32.2. The molecule has 0 spiro atoms. The summed E-state index contributed by atoms with van der Waals surface area (Å²) in [6, 6.07) is 15.6. The molecule has 158 valence electrons. The first kappa shape index (κ1) is 19.8. The lowest BCUT2D eigenvalue weighted by Crippen LogP contribution is -2.39. The number of methoxy groups -OCH3 is 1. The van der Waals surface area contributed by atoms with Crippen LogP contribution in [0.25, 0.3) is 10.9 Å². The Balaban J connectivity index is 1.58. The molecule has 0 radical (unpaired) electrons. The molecule has 2 atom stereocenters. The fourth-order valence-corrected chi connectivity index (χ4v) is 5.73. The average Bonchev–Trinajstić information content (AvgIpc) is 2.93. The van der Waals surface area contributed by atoms with Gasteiger partial charge in [-0.2, -0.15) is 0 Å². The van der Waals surface area contributed by atoms with Gasteiger partial charge in [0.15, 0.2) is 0 Å². The zero-order valence-corrected chi connectivity index (χ0v) is 18.4. The van der Waals surface area contributed by atoms with Gasteiger partial charge >= 0.3 is 0 Å². The van der Waals surface area contributed by atoms with Crippen LogP contribution in [0.3, 0.4) is 0 Å². The molecule has 2 aliphatic heterocycles. The van der Waals surface area contributed by atoms with E-state index in [0.717, 1.165) is 37.6 Å². The predicted octanol–water partition coefficient (Wildman–Crippen LogP) is 4.38. The van der Waals surface area contributed by atoms with E-state index in [4.69, 9.17) is 9.47 Å². The quantitative estimate of drug-likeness (QED) is 0.638. The SMILES string of the molecule is COc1cc2c3c(c1)c(Sc1ccccc1)c(C)n3C(CC1CNCCCN1)CO2. The maximum Gasteiger partial charge on any atom is 0.147 e. The maximum absolute atomic E-state index is 6.28. The second-order valence-electron chi connectivity index (χ2n) is 8.13. The topological polar surface area (TPSA) is 47.5 Å². The van der Waals surface area contributed by atoms with Gasteiger partial charge in [-0.3, -0.25) is 0 Å². The molecular formula is C24H29N3O2S.